The van der Waals surface area contributed by atoms with Crippen molar-refractivity contribution in [2.75, 3.05) is 5.75 Å². The van der Waals surface area contributed by atoms with Crippen LogP contribution in [0.1, 0.15) is 33.1 Å². The van der Waals surface area contributed by atoms with Gasteiger partial charge in [-0.2, -0.15) is 0 Å². The first-order valence-corrected chi connectivity index (χ1v) is 12.3. The maximum absolute atomic E-state index is 2.58. The Labute approximate surface area is 165 Å². The van der Waals surface area contributed by atoms with E-state index in [-0.39, 0.29) is 24.8 Å². The van der Waals surface area contributed by atoms with Gasteiger partial charge in [-0.15, -0.1) is 0 Å². The fourth-order valence-electron chi connectivity index (χ4n) is 3.43. The van der Waals surface area contributed by atoms with Gasteiger partial charge < -0.3 is 24.8 Å². The van der Waals surface area contributed by atoms with Crippen molar-refractivity contribution in [3.8, 4) is 0 Å². The summed E-state index contributed by atoms with van der Waals surface area (Å²) in [5, 5.41) is 1.70. The molecule has 0 aromatic heterocycles. The van der Waals surface area contributed by atoms with Crippen LogP contribution in [0.3, 0.4) is 0 Å². The van der Waals surface area contributed by atoms with Crippen LogP contribution in [0, 0.1) is 0 Å². The van der Waals surface area contributed by atoms with Crippen LogP contribution in [0.15, 0.2) is 45.0 Å². The van der Waals surface area contributed by atoms with Gasteiger partial charge in [0, 0.05) is 0 Å². The van der Waals surface area contributed by atoms with E-state index in [1.165, 1.54) is 25.0 Å². The van der Waals surface area contributed by atoms with Gasteiger partial charge in [-0.05, 0) is 0 Å². The summed E-state index contributed by atoms with van der Waals surface area (Å²) in [5.74, 6) is 1.27. The van der Waals surface area contributed by atoms with Crippen molar-refractivity contribution in [3.05, 3.63) is 45.0 Å². The molecular formula is C17H25Cl2SSiTi. The molecule has 0 spiro atoms. The zero-order valence-electron chi connectivity index (χ0n) is 13.9. The van der Waals surface area contributed by atoms with Crippen LogP contribution in [0.25, 0.3) is 0 Å². The third kappa shape index (κ3) is 4.07. The van der Waals surface area contributed by atoms with Gasteiger partial charge in [0.1, 0.15) is 0 Å². The van der Waals surface area contributed by atoms with E-state index in [1.54, 1.807) is 14.6 Å². The number of thioether (sulfide) groups is 1. The Bertz CT molecular complexity index is 509. The predicted octanol–water partition coefficient (Wildman–Crippen LogP) is -0.670. The molecule has 0 saturated heterocycles. The van der Waals surface area contributed by atoms with Gasteiger partial charge in [0.2, 0.25) is 0 Å². The van der Waals surface area contributed by atoms with E-state index in [9.17, 15) is 0 Å². The van der Waals surface area contributed by atoms with Crippen LogP contribution in [-0.2, 0) is 20.4 Å². The van der Waals surface area contributed by atoms with E-state index in [1.807, 2.05) is 0 Å². The number of hydrogen-bond acceptors (Lipinski definition) is 1. The molecule has 121 valence electrons. The Morgan fingerprint density at radius 3 is 2.45 bits per heavy atom. The number of halogens is 2. The molecule has 0 aromatic rings. The first-order chi connectivity index (χ1) is 9.45. The number of rotatable bonds is 5. The Hall–Kier alpha value is 0.821. The molecule has 2 rings (SSSR count). The van der Waals surface area contributed by atoms with Crippen molar-refractivity contribution in [1.29, 1.82) is 0 Å². The summed E-state index contributed by atoms with van der Waals surface area (Å²) < 4.78 is 1.96. The second kappa shape index (κ2) is 9.34. The van der Waals surface area contributed by atoms with E-state index in [0.29, 0.717) is 4.37 Å². The molecular weight excluding hydrogens is 383 g/mol. The van der Waals surface area contributed by atoms with Crippen molar-refractivity contribution >= 4 is 19.8 Å². The monoisotopic (exact) mass is 407 g/mol. The minimum absolute atomic E-state index is 0. The second-order valence-corrected chi connectivity index (χ2v) is 13.6. The second-order valence-electron chi connectivity index (χ2n) is 6.28. The molecule has 5 heteroatoms. The van der Waals surface area contributed by atoms with Crippen molar-refractivity contribution in [2.24, 2.45) is 0 Å². The van der Waals surface area contributed by atoms with Crippen molar-refractivity contribution < 1.29 is 45.2 Å². The fourth-order valence-corrected chi connectivity index (χ4v) is 11.9. The molecule has 0 saturated carbocycles. The number of hydrogen-bond donors (Lipinski definition) is 0. The zero-order valence-corrected chi connectivity index (χ0v) is 18.8. The molecule has 0 aromatic carbocycles. The standard InChI is InChI=1S/C17H25SSi.2ClH.Ti/c1-5-14-18-17(13-9-8-10-15(17)2)19(3,4)16-11-6-7-12-16;;;/h6,8-11H,5,7,13-14H2,1-4H3;2*1H;/q;;;+2/p-2. The van der Waals surface area contributed by atoms with E-state index in [0.717, 1.165) is 0 Å². The van der Waals surface area contributed by atoms with Gasteiger partial charge in [-0.25, -0.2) is 0 Å². The quantitative estimate of drug-likeness (QED) is 0.544. The Morgan fingerprint density at radius 2 is 1.95 bits per heavy atom. The van der Waals surface area contributed by atoms with E-state index >= 15 is 0 Å². The summed E-state index contributed by atoms with van der Waals surface area (Å²) >= 11 is 4.56. The first kappa shape index (κ1) is 22.8. The topological polar surface area (TPSA) is 0 Å². The first-order valence-electron chi connectivity index (χ1n) is 7.55. The van der Waals surface area contributed by atoms with Crippen molar-refractivity contribution in [1.82, 2.24) is 0 Å². The van der Waals surface area contributed by atoms with Gasteiger partial charge in [0.05, 0.1) is 0 Å². The summed E-state index contributed by atoms with van der Waals surface area (Å²) in [5.41, 5.74) is 1.59. The van der Waals surface area contributed by atoms with Gasteiger partial charge in [0.15, 0.2) is 0 Å². The smallest absolute Gasteiger partial charge is 1.00 e. The van der Waals surface area contributed by atoms with Gasteiger partial charge in [-0.1, -0.05) is 0 Å². The molecule has 0 N–H and O–H groups in total. The molecule has 0 radical (unpaired) electrons. The van der Waals surface area contributed by atoms with Crippen LogP contribution in [0.5, 0.6) is 0 Å². The molecule has 2 aliphatic rings. The summed E-state index contributed by atoms with van der Waals surface area (Å²) in [4.78, 5) is 0. The average Bonchev–Trinajstić information content (AvgIpc) is 2.85. The number of allylic oxidation sites excluding steroid dienone is 7. The van der Waals surface area contributed by atoms with Crippen LogP contribution in [0.4, 0.5) is 0 Å². The third-order valence-electron chi connectivity index (χ3n) is 4.69. The molecule has 0 aliphatic heterocycles. The molecule has 0 heterocycles. The largest absolute Gasteiger partial charge is 1.00 e. The molecule has 1 atom stereocenters. The van der Waals surface area contributed by atoms with E-state index in [4.69, 9.17) is 0 Å². The fraction of sp³-hybridized carbons (Fsp3) is 0.529. The minimum Gasteiger partial charge on any atom is -1.00 e. The summed E-state index contributed by atoms with van der Waals surface area (Å²) in [6, 6.07) is 0. The summed E-state index contributed by atoms with van der Waals surface area (Å²) in [6.07, 6.45) is 15.4. The van der Waals surface area contributed by atoms with Crippen molar-refractivity contribution in [2.45, 2.75) is 50.6 Å². The third-order valence-corrected chi connectivity index (χ3v) is 13.8. The molecule has 22 heavy (non-hydrogen) atoms. The van der Waals surface area contributed by atoms with Gasteiger partial charge >= 0.3 is 142 Å². The SMILES string of the molecule is CCCSC1([Si](C)(C)C2=[C]([Ti+2])CC=C2)CC=CC=C1C.[Cl-].[Cl-]. The Balaban J connectivity index is 0.00000220. The van der Waals surface area contributed by atoms with E-state index < -0.39 is 8.07 Å². The maximum atomic E-state index is 2.58. The average molecular weight is 408 g/mol. The Kier molecular flexibility index (Phi) is 9.69. The normalized spacial score (nSPS) is 24.0. The predicted molar refractivity (Wildman–Crippen MR) is 91.3 cm³/mol. The molecule has 2 aliphatic carbocycles. The molecule has 0 fully saturated rings. The zero-order chi connectivity index (χ0) is 14.8. The van der Waals surface area contributed by atoms with Crippen LogP contribution < -0.4 is 24.8 Å². The summed E-state index contributed by atoms with van der Waals surface area (Å²) in [6.45, 7) is 9.82. The van der Waals surface area contributed by atoms with Gasteiger partial charge in [0.25, 0.3) is 0 Å². The summed E-state index contributed by atoms with van der Waals surface area (Å²) in [7, 11) is -1.55. The van der Waals surface area contributed by atoms with Crippen molar-refractivity contribution in [3.63, 3.8) is 0 Å². The van der Waals surface area contributed by atoms with E-state index in [2.05, 4.69) is 89.5 Å². The van der Waals surface area contributed by atoms with Gasteiger partial charge in [-0.3, -0.25) is 0 Å². The maximum Gasteiger partial charge on any atom is -1.00 e. The molecule has 1 unspecified atom stereocenters. The van der Waals surface area contributed by atoms with Crippen LogP contribution in [0.2, 0.25) is 13.1 Å². The van der Waals surface area contributed by atoms with Crippen LogP contribution in [-0.4, -0.2) is 18.2 Å². The molecule has 0 nitrogen and oxygen atoms in total. The minimum atomic E-state index is -1.55. The van der Waals surface area contributed by atoms with Crippen LogP contribution >= 0.6 is 11.8 Å². The Morgan fingerprint density at radius 1 is 1.27 bits per heavy atom. The molecule has 0 amide bonds. The molecule has 0 bridgehead atoms.